The average molecular weight is 360 g/mol. The van der Waals surface area contributed by atoms with Gasteiger partial charge in [-0.3, -0.25) is 9.69 Å². The third kappa shape index (κ3) is 4.11. The number of benzene rings is 1. The summed E-state index contributed by atoms with van der Waals surface area (Å²) in [5.41, 5.74) is 1.26. The van der Waals surface area contributed by atoms with Crippen molar-refractivity contribution in [3.8, 4) is 0 Å². The molecule has 1 aliphatic rings. The zero-order chi connectivity index (χ0) is 18.5. The Morgan fingerprint density at radius 3 is 2.62 bits per heavy atom. The van der Waals surface area contributed by atoms with E-state index >= 15 is 0 Å². The molecular weight excluding hydrogens is 339 g/mol. The van der Waals surface area contributed by atoms with Crippen molar-refractivity contribution in [3.63, 3.8) is 0 Å². The van der Waals surface area contributed by atoms with Gasteiger partial charge in [0.1, 0.15) is 5.82 Å². The number of esters is 1. The number of methoxy groups -OCH3 is 1. The number of hydrogen-bond donors (Lipinski definition) is 0. The molecule has 138 valence electrons. The second-order valence-electron chi connectivity index (χ2n) is 6.20. The molecule has 0 atom stereocenters. The molecule has 1 aromatic heterocycles. The largest absolute Gasteiger partial charge is 0.463 e. The van der Waals surface area contributed by atoms with E-state index in [-0.39, 0.29) is 17.5 Å². The highest BCUT2D eigenvalue weighted by atomic mass is 19.1. The van der Waals surface area contributed by atoms with Crippen molar-refractivity contribution in [1.29, 1.82) is 0 Å². The van der Waals surface area contributed by atoms with Crippen LogP contribution in [0.25, 0.3) is 0 Å². The Bertz CT molecular complexity index is 772. The lowest BCUT2D eigenvalue weighted by atomic mass is 10.2. The van der Waals surface area contributed by atoms with E-state index in [2.05, 4.69) is 4.90 Å². The minimum absolute atomic E-state index is 0.0922. The molecule has 2 aromatic rings. The highest BCUT2D eigenvalue weighted by Gasteiger charge is 2.23. The average Bonchev–Trinajstić information content (AvgIpc) is 2.98. The summed E-state index contributed by atoms with van der Waals surface area (Å²) >= 11 is 0. The topological polar surface area (TPSA) is 63.0 Å². The van der Waals surface area contributed by atoms with Crippen LogP contribution in [0.4, 0.5) is 4.39 Å². The Labute approximate surface area is 151 Å². The number of carbonyl (C=O) groups excluding carboxylic acids is 2. The number of amides is 1. The minimum atomic E-state index is -0.493. The molecule has 1 amide bonds. The van der Waals surface area contributed by atoms with Crippen molar-refractivity contribution >= 4 is 11.9 Å². The molecule has 2 heterocycles. The number of rotatable bonds is 4. The van der Waals surface area contributed by atoms with Crippen LogP contribution in [0.5, 0.6) is 0 Å². The molecular formula is C19H21FN2O4. The summed E-state index contributed by atoms with van der Waals surface area (Å²) in [6, 6.07) is 7.37. The lowest BCUT2D eigenvalue weighted by Gasteiger charge is -2.22. The maximum atomic E-state index is 13.0. The molecule has 26 heavy (non-hydrogen) atoms. The van der Waals surface area contributed by atoms with Gasteiger partial charge in [-0.05, 0) is 36.8 Å². The van der Waals surface area contributed by atoms with Crippen molar-refractivity contribution in [2.24, 2.45) is 0 Å². The molecule has 1 fully saturated rings. The van der Waals surface area contributed by atoms with Gasteiger partial charge in [0.25, 0.3) is 5.91 Å². The molecule has 7 heteroatoms. The first-order valence-corrected chi connectivity index (χ1v) is 8.50. The molecule has 0 N–H and O–H groups in total. The van der Waals surface area contributed by atoms with Crippen molar-refractivity contribution in [2.45, 2.75) is 13.0 Å². The van der Waals surface area contributed by atoms with Crippen LogP contribution in [0.1, 0.15) is 32.9 Å². The number of halogens is 1. The van der Waals surface area contributed by atoms with E-state index in [1.807, 2.05) is 0 Å². The van der Waals surface area contributed by atoms with Crippen LogP contribution in [0.3, 0.4) is 0 Å². The second-order valence-corrected chi connectivity index (χ2v) is 6.20. The molecule has 6 nitrogen and oxygen atoms in total. The number of ether oxygens (including phenoxy) is 1. The maximum Gasteiger partial charge on any atom is 0.374 e. The highest BCUT2D eigenvalue weighted by Crippen LogP contribution is 2.17. The third-order valence-corrected chi connectivity index (χ3v) is 4.48. The van der Waals surface area contributed by atoms with E-state index in [4.69, 9.17) is 9.15 Å². The van der Waals surface area contributed by atoms with Gasteiger partial charge in [-0.2, -0.15) is 0 Å². The molecule has 0 spiro atoms. The summed E-state index contributed by atoms with van der Waals surface area (Å²) in [4.78, 5) is 28.2. The van der Waals surface area contributed by atoms with Gasteiger partial charge in [0.2, 0.25) is 5.76 Å². The first kappa shape index (κ1) is 18.1. The highest BCUT2D eigenvalue weighted by molar-refractivity contribution is 5.94. The first-order valence-electron chi connectivity index (χ1n) is 8.50. The van der Waals surface area contributed by atoms with E-state index in [0.717, 1.165) is 18.5 Å². The van der Waals surface area contributed by atoms with Crippen molar-refractivity contribution < 1.29 is 23.1 Å². The van der Waals surface area contributed by atoms with Gasteiger partial charge < -0.3 is 14.1 Å². The summed E-state index contributed by atoms with van der Waals surface area (Å²) in [5.74, 6) is -0.723. The van der Waals surface area contributed by atoms with Gasteiger partial charge in [0.15, 0.2) is 0 Å². The van der Waals surface area contributed by atoms with Crippen LogP contribution in [0.2, 0.25) is 0 Å². The standard InChI is InChI=1S/C19H21FN2O4/c1-25-19(24)17-15(7-12-26-17)13-21-8-2-9-22(11-10-21)18(23)14-3-5-16(20)6-4-14/h3-7,12H,2,8-11,13H2,1H3. The third-order valence-electron chi connectivity index (χ3n) is 4.48. The fraction of sp³-hybridized carbons (Fsp3) is 0.368. The van der Waals surface area contributed by atoms with Gasteiger partial charge in [-0.15, -0.1) is 0 Å². The van der Waals surface area contributed by atoms with E-state index in [0.29, 0.717) is 31.7 Å². The van der Waals surface area contributed by atoms with E-state index in [1.165, 1.54) is 37.6 Å². The lowest BCUT2D eigenvalue weighted by molar-refractivity contribution is 0.0561. The number of hydrogen-bond acceptors (Lipinski definition) is 5. The fourth-order valence-corrected chi connectivity index (χ4v) is 3.08. The maximum absolute atomic E-state index is 13.0. The zero-order valence-electron chi connectivity index (χ0n) is 14.6. The molecule has 0 saturated carbocycles. The molecule has 1 aliphatic heterocycles. The van der Waals surface area contributed by atoms with Gasteiger partial charge >= 0.3 is 5.97 Å². The number of carbonyl (C=O) groups is 2. The number of furan rings is 1. The van der Waals surface area contributed by atoms with Crippen LogP contribution in [0.15, 0.2) is 41.0 Å². The Balaban J connectivity index is 1.62. The summed E-state index contributed by atoms with van der Waals surface area (Å²) in [6.45, 7) is 3.25. The Hall–Kier alpha value is -2.67. The second kappa shape index (κ2) is 8.14. The summed E-state index contributed by atoms with van der Waals surface area (Å²) in [5, 5.41) is 0. The molecule has 0 bridgehead atoms. The molecule has 0 unspecified atom stereocenters. The van der Waals surface area contributed by atoms with Crippen LogP contribution in [0, 0.1) is 5.82 Å². The van der Waals surface area contributed by atoms with Crippen molar-refractivity contribution in [3.05, 3.63) is 59.3 Å². The van der Waals surface area contributed by atoms with Gasteiger partial charge in [0, 0.05) is 43.9 Å². The number of nitrogens with zero attached hydrogens (tertiary/aromatic N) is 2. The summed E-state index contributed by atoms with van der Waals surface area (Å²) in [7, 11) is 1.32. The lowest BCUT2D eigenvalue weighted by Crippen LogP contribution is -2.35. The summed E-state index contributed by atoms with van der Waals surface area (Å²) < 4.78 is 23.0. The zero-order valence-corrected chi connectivity index (χ0v) is 14.6. The SMILES string of the molecule is COC(=O)c1occc1CN1CCCN(C(=O)c2ccc(F)cc2)CC1. The van der Waals surface area contributed by atoms with E-state index in [9.17, 15) is 14.0 Å². The molecule has 1 aromatic carbocycles. The predicted octanol–water partition coefficient (Wildman–Crippen LogP) is 2.55. The smallest absolute Gasteiger partial charge is 0.374 e. The Morgan fingerprint density at radius 1 is 1.12 bits per heavy atom. The first-order chi connectivity index (χ1) is 12.6. The normalized spacial score (nSPS) is 15.5. The van der Waals surface area contributed by atoms with E-state index < -0.39 is 5.97 Å². The quantitative estimate of drug-likeness (QED) is 0.784. The van der Waals surface area contributed by atoms with Crippen LogP contribution >= 0.6 is 0 Å². The van der Waals surface area contributed by atoms with E-state index in [1.54, 1.807) is 11.0 Å². The van der Waals surface area contributed by atoms with Crippen molar-refractivity contribution in [1.82, 2.24) is 9.80 Å². The van der Waals surface area contributed by atoms with Crippen LogP contribution < -0.4 is 0 Å². The summed E-state index contributed by atoms with van der Waals surface area (Å²) in [6.07, 6.45) is 2.29. The van der Waals surface area contributed by atoms with Gasteiger partial charge in [-0.25, -0.2) is 9.18 Å². The van der Waals surface area contributed by atoms with Crippen LogP contribution in [-0.2, 0) is 11.3 Å². The van der Waals surface area contributed by atoms with Crippen molar-refractivity contribution in [2.75, 3.05) is 33.3 Å². The Morgan fingerprint density at radius 2 is 1.88 bits per heavy atom. The van der Waals surface area contributed by atoms with Gasteiger partial charge in [-0.1, -0.05) is 0 Å². The molecule has 0 aliphatic carbocycles. The predicted molar refractivity (Wildman–Crippen MR) is 92.2 cm³/mol. The van der Waals surface area contributed by atoms with Gasteiger partial charge in [0.05, 0.1) is 13.4 Å². The molecule has 0 radical (unpaired) electrons. The Kier molecular flexibility index (Phi) is 5.68. The van der Waals surface area contributed by atoms with Crippen LogP contribution in [-0.4, -0.2) is 55.0 Å². The molecule has 3 rings (SSSR count). The fourth-order valence-electron chi connectivity index (χ4n) is 3.08. The monoisotopic (exact) mass is 360 g/mol. The molecule has 1 saturated heterocycles. The minimum Gasteiger partial charge on any atom is -0.463 e.